The van der Waals surface area contributed by atoms with Gasteiger partial charge in [-0.15, -0.1) is 16.4 Å². The number of nitrogens with one attached hydrogen (secondary N) is 1. The summed E-state index contributed by atoms with van der Waals surface area (Å²) in [5, 5.41) is 15.9. The van der Waals surface area contributed by atoms with Crippen molar-refractivity contribution in [1.29, 1.82) is 0 Å². The van der Waals surface area contributed by atoms with Gasteiger partial charge in [0.05, 0.1) is 4.88 Å². The van der Waals surface area contributed by atoms with Crippen molar-refractivity contribution in [3.05, 3.63) is 64.1 Å². The van der Waals surface area contributed by atoms with E-state index in [9.17, 15) is 9.59 Å². The molecule has 1 N–H and O–H groups in total. The van der Waals surface area contributed by atoms with Crippen LogP contribution in [-0.2, 0) is 22.7 Å². The van der Waals surface area contributed by atoms with E-state index in [2.05, 4.69) is 20.8 Å². The van der Waals surface area contributed by atoms with Gasteiger partial charge >= 0.3 is 5.97 Å². The number of hydrogen-bond acceptors (Lipinski definition) is 7. The van der Waals surface area contributed by atoms with Crippen molar-refractivity contribution < 1.29 is 14.3 Å². The number of amides is 1. The molecule has 140 valence electrons. The van der Waals surface area contributed by atoms with Gasteiger partial charge in [0.1, 0.15) is 0 Å². The fraction of sp³-hybridized carbons (Fsp3) is 0.278. The summed E-state index contributed by atoms with van der Waals surface area (Å²) in [4.78, 5) is 25.6. The Labute approximate surface area is 160 Å². The molecule has 0 unspecified atom stereocenters. The van der Waals surface area contributed by atoms with Gasteiger partial charge in [0.25, 0.3) is 5.91 Å². The molecule has 0 aliphatic carbocycles. The van der Waals surface area contributed by atoms with Crippen LogP contribution < -0.4 is 5.32 Å². The van der Waals surface area contributed by atoms with Crippen LogP contribution >= 0.6 is 11.3 Å². The Morgan fingerprint density at radius 2 is 2.04 bits per heavy atom. The van der Waals surface area contributed by atoms with Gasteiger partial charge in [0.2, 0.25) is 0 Å². The monoisotopic (exact) mass is 385 g/mol. The zero-order valence-electron chi connectivity index (χ0n) is 14.7. The standard InChI is InChI=1S/C18H19N5O3S/c1-2-10-23-15(20-21-22-23)12-26-18(25)16(13-7-4-3-5-8-13)19-17(24)14-9-6-11-27-14/h3-9,11,16H,2,10,12H2,1H3,(H,19,24)/t16-/m1/s1. The first kappa shape index (κ1) is 18.7. The van der Waals surface area contributed by atoms with E-state index in [0.717, 1.165) is 6.42 Å². The van der Waals surface area contributed by atoms with Crippen LogP contribution in [0.15, 0.2) is 47.8 Å². The van der Waals surface area contributed by atoms with Crippen molar-refractivity contribution in [1.82, 2.24) is 25.5 Å². The van der Waals surface area contributed by atoms with Crippen LogP contribution in [-0.4, -0.2) is 32.1 Å². The van der Waals surface area contributed by atoms with E-state index < -0.39 is 12.0 Å². The quantitative estimate of drug-likeness (QED) is 0.598. The van der Waals surface area contributed by atoms with E-state index in [0.29, 0.717) is 22.8 Å². The molecule has 0 radical (unpaired) electrons. The van der Waals surface area contributed by atoms with Gasteiger partial charge in [-0.3, -0.25) is 4.79 Å². The van der Waals surface area contributed by atoms with Gasteiger partial charge < -0.3 is 10.1 Å². The Morgan fingerprint density at radius 1 is 1.22 bits per heavy atom. The van der Waals surface area contributed by atoms with Crippen LogP contribution in [0.5, 0.6) is 0 Å². The average molecular weight is 385 g/mol. The van der Waals surface area contributed by atoms with Gasteiger partial charge in [-0.2, -0.15) is 0 Å². The minimum atomic E-state index is -0.920. The predicted molar refractivity (Wildman–Crippen MR) is 98.9 cm³/mol. The number of hydrogen-bond donors (Lipinski definition) is 1. The summed E-state index contributed by atoms with van der Waals surface area (Å²) in [5.74, 6) is -0.439. The SMILES string of the molecule is CCCn1nnnc1COC(=O)[C@H](NC(=O)c1cccs1)c1ccccc1. The molecule has 1 aromatic carbocycles. The second-order valence-corrected chi connectivity index (χ2v) is 6.67. The maximum absolute atomic E-state index is 12.7. The van der Waals surface area contributed by atoms with E-state index in [4.69, 9.17) is 4.74 Å². The topological polar surface area (TPSA) is 99.0 Å². The van der Waals surface area contributed by atoms with E-state index >= 15 is 0 Å². The lowest BCUT2D eigenvalue weighted by molar-refractivity contribution is -0.147. The molecule has 0 saturated carbocycles. The van der Waals surface area contributed by atoms with Crippen molar-refractivity contribution in [2.75, 3.05) is 0 Å². The molecule has 2 aromatic heterocycles. The zero-order chi connectivity index (χ0) is 19.1. The molecule has 0 fully saturated rings. The van der Waals surface area contributed by atoms with Crippen molar-refractivity contribution in [3.63, 3.8) is 0 Å². The number of benzene rings is 1. The number of aromatic nitrogens is 4. The summed E-state index contributed by atoms with van der Waals surface area (Å²) in [5.41, 5.74) is 0.639. The molecule has 0 aliphatic heterocycles. The largest absolute Gasteiger partial charge is 0.456 e. The molecule has 8 nitrogen and oxygen atoms in total. The van der Waals surface area contributed by atoms with Crippen molar-refractivity contribution >= 4 is 23.2 Å². The summed E-state index contributed by atoms with van der Waals surface area (Å²) in [6.45, 7) is 2.57. The minimum absolute atomic E-state index is 0.0654. The van der Waals surface area contributed by atoms with Crippen LogP contribution in [0.1, 0.15) is 40.4 Å². The predicted octanol–water partition coefficient (Wildman–Crippen LogP) is 2.36. The highest BCUT2D eigenvalue weighted by Crippen LogP contribution is 2.17. The molecule has 9 heteroatoms. The summed E-state index contributed by atoms with van der Waals surface area (Å²) in [7, 11) is 0. The molecule has 27 heavy (non-hydrogen) atoms. The normalized spacial score (nSPS) is 11.7. The highest BCUT2D eigenvalue weighted by Gasteiger charge is 2.25. The number of ether oxygens (including phenoxy) is 1. The smallest absolute Gasteiger partial charge is 0.333 e. The van der Waals surface area contributed by atoms with Crippen LogP contribution in [0, 0.1) is 0 Å². The molecule has 0 spiro atoms. The van der Waals surface area contributed by atoms with Crippen LogP contribution in [0.25, 0.3) is 0 Å². The molecule has 1 atom stereocenters. The number of carbonyl (C=O) groups is 2. The third-order valence-corrected chi connectivity index (χ3v) is 4.64. The van der Waals surface area contributed by atoms with Crippen molar-refractivity contribution in [3.8, 4) is 0 Å². The van der Waals surface area contributed by atoms with Crippen LogP contribution in [0.2, 0.25) is 0 Å². The highest BCUT2D eigenvalue weighted by atomic mass is 32.1. The first-order chi connectivity index (χ1) is 13.2. The van der Waals surface area contributed by atoms with Gasteiger partial charge in [-0.1, -0.05) is 43.3 Å². The fourth-order valence-electron chi connectivity index (χ4n) is 2.46. The second-order valence-electron chi connectivity index (χ2n) is 5.72. The Hall–Kier alpha value is -3.07. The van der Waals surface area contributed by atoms with Gasteiger partial charge in [-0.25, -0.2) is 9.48 Å². The molecule has 3 aromatic rings. The highest BCUT2D eigenvalue weighted by molar-refractivity contribution is 7.12. The number of nitrogens with zero attached hydrogens (tertiary/aromatic N) is 4. The number of aryl methyl sites for hydroxylation is 1. The number of thiophene rings is 1. The van der Waals surface area contributed by atoms with Gasteiger partial charge in [0, 0.05) is 6.54 Å². The van der Waals surface area contributed by atoms with E-state index in [-0.39, 0.29) is 12.5 Å². The number of rotatable bonds is 8. The molecular formula is C18H19N5O3S. The van der Waals surface area contributed by atoms with Crippen molar-refractivity contribution in [2.45, 2.75) is 32.5 Å². The minimum Gasteiger partial charge on any atom is -0.456 e. The Morgan fingerprint density at radius 3 is 2.74 bits per heavy atom. The first-order valence-corrected chi connectivity index (χ1v) is 9.38. The first-order valence-electron chi connectivity index (χ1n) is 8.50. The maximum atomic E-state index is 12.7. The summed E-state index contributed by atoms with van der Waals surface area (Å²) < 4.78 is 6.99. The summed E-state index contributed by atoms with van der Waals surface area (Å²) in [6.07, 6.45) is 0.857. The number of tetrazole rings is 1. The van der Waals surface area contributed by atoms with Crippen LogP contribution in [0.4, 0.5) is 0 Å². The molecule has 2 heterocycles. The molecule has 1 amide bonds. The van der Waals surface area contributed by atoms with E-state index in [1.54, 1.807) is 46.5 Å². The van der Waals surface area contributed by atoms with E-state index in [1.165, 1.54) is 11.3 Å². The fourth-order valence-corrected chi connectivity index (χ4v) is 3.09. The lowest BCUT2D eigenvalue weighted by atomic mass is 10.1. The Kier molecular flexibility index (Phi) is 6.26. The molecule has 3 rings (SSSR count). The second kappa shape index (κ2) is 9.04. The number of esters is 1. The van der Waals surface area contributed by atoms with Crippen molar-refractivity contribution in [2.24, 2.45) is 0 Å². The van der Waals surface area contributed by atoms with Gasteiger partial charge in [-0.05, 0) is 33.9 Å². The molecule has 0 saturated heterocycles. The average Bonchev–Trinajstić information content (AvgIpc) is 3.37. The molecular weight excluding hydrogens is 366 g/mol. The zero-order valence-corrected chi connectivity index (χ0v) is 15.6. The van der Waals surface area contributed by atoms with Crippen LogP contribution in [0.3, 0.4) is 0 Å². The summed E-state index contributed by atoms with van der Waals surface area (Å²) in [6, 6.07) is 11.5. The molecule has 0 aliphatic rings. The third kappa shape index (κ3) is 4.76. The maximum Gasteiger partial charge on any atom is 0.333 e. The third-order valence-electron chi connectivity index (χ3n) is 3.77. The summed E-state index contributed by atoms with van der Waals surface area (Å²) >= 11 is 1.30. The van der Waals surface area contributed by atoms with E-state index in [1.807, 2.05) is 13.0 Å². The lowest BCUT2D eigenvalue weighted by Gasteiger charge is -2.17. The Balaban J connectivity index is 1.72. The van der Waals surface area contributed by atoms with Gasteiger partial charge in [0.15, 0.2) is 18.5 Å². The molecule has 0 bridgehead atoms. The lowest BCUT2D eigenvalue weighted by Crippen LogP contribution is -2.34. The number of carbonyl (C=O) groups excluding carboxylic acids is 2. The Bertz CT molecular complexity index is 880.